The van der Waals surface area contributed by atoms with Crippen LogP contribution < -0.4 is 9.80 Å². The predicted molar refractivity (Wildman–Crippen MR) is 77.5 cm³/mol. The molecule has 5 nitrogen and oxygen atoms in total. The maximum absolute atomic E-state index is 11.5. The molecule has 5 heteroatoms. The zero-order valence-corrected chi connectivity index (χ0v) is 11.5. The van der Waals surface area contributed by atoms with Crippen molar-refractivity contribution in [2.24, 2.45) is 0 Å². The lowest BCUT2D eigenvalue weighted by Gasteiger charge is -2.31. The van der Waals surface area contributed by atoms with Gasteiger partial charge in [0.25, 0.3) is 0 Å². The van der Waals surface area contributed by atoms with Crippen molar-refractivity contribution in [1.82, 2.24) is 4.98 Å². The molecule has 2 aromatic rings. The van der Waals surface area contributed by atoms with Crippen LogP contribution in [0.15, 0.2) is 30.3 Å². The number of pyridine rings is 1. The van der Waals surface area contributed by atoms with E-state index in [1.54, 1.807) is 6.07 Å². The van der Waals surface area contributed by atoms with Crippen LogP contribution in [0.25, 0.3) is 10.9 Å². The number of nitrogens with zero attached hydrogens (tertiary/aromatic N) is 2. The monoisotopic (exact) mass is 272 g/mol. The van der Waals surface area contributed by atoms with Crippen LogP contribution in [0.3, 0.4) is 0 Å². The highest BCUT2D eigenvalue weighted by molar-refractivity contribution is 6.03. The number of nitrogens with one attached hydrogen (secondary N) is 1. The SMILES string of the molecule is C[NH+]1CCN(c2cc(C(=O)O)c3ccccc3n2)CC1. The van der Waals surface area contributed by atoms with Gasteiger partial charge < -0.3 is 14.9 Å². The Bertz CT molecular complexity index is 649. The van der Waals surface area contributed by atoms with Crippen molar-refractivity contribution < 1.29 is 14.8 Å². The number of hydrogen-bond donors (Lipinski definition) is 2. The van der Waals surface area contributed by atoms with Gasteiger partial charge in [-0.3, -0.25) is 0 Å². The lowest BCUT2D eigenvalue weighted by atomic mass is 10.1. The number of para-hydroxylation sites is 1. The molecule has 0 unspecified atom stereocenters. The summed E-state index contributed by atoms with van der Waals surface area (Å²) >= 11 is 0. The van der Waals surface area contributed by atoms with Crippen molar-refractivity contribution in [3.8, 4) is 0 Å². The Balaban J connectivity index is 2.06. The minimum Gasteiger partial charge on any atom is -0.478 e. The molecule has 1 saturated heterocycles. The van der Waals surface area contributed by atoms with E-state index < -0.39 is 5.97 Å². The van der Waals surface area contributed by atoms with Crippen molar-refractivity contribution in [3.05, 3.63) is 35.9 Å². The molecular weight excluding hydrogens is 254 g/mol. The normalized spacial score (nSPS) is 16.6. The number of aromatic carboxylic acids is 1. The number of carboxylic acids is 1. The van der Waals surface area contributed by atoms with Crippen LogP contribution in [-0.2, 0) is 0 Å². The van der Waals surface area contributed by atoms with E-state index in [1.807, 2.05) is 24.3 Å². The molecule has 20 heavy (non-hydrogen) atoms. The van der Waals surface area contributed by atoms with Gasteiger partial charge in [-0.15, -0.1) is 0 Å². The highest BCUT2D eigenvalue weighted by atomic mass is 16.4. The second kappa shape index (κ2) is 5.09. The van der Waals surface area contributed by atoms with Crippen LogP contribution >= 0.6 is 0 Å². The minimum absolute atomic E-state index is 0.330. The van der Waals surface area contributed by atoms with Crippen LogP contribution in [0.2, 0.25) is 0 Å². The number of rotatable bonds is 2. The van der Waals surface area contributed by atoms with Gasteiger partial charge in [-0.2, -0.15) is 0 Å². The predicted octanol–water partition coefficient (Wildman–Crippen LogP) is 0.268. The second-order valence-corrected chi connectivity index (χ2v) is 5.29. The molecule has 1 aliphatic heterocycles. The van der Waals surface area contributed by atoms with Gasteiger partial charge in [0, 0.05) is 5.39 Å². The van der Waals surface area contributed by atoms with Crippen LogP contribution in [0.4, 0.5) is 5.82 Å². The van der Waals surface area contributed by atoms with Crippen LogP contribution in [0, 0.1) is 0 Å². The van der Waals surface area contributed by atoms with E-state index >= 15 is 0 Å². The molecule has 0 aliphatic carbocycles. The molecule has 1 fully saturated rings. The third-order valence-electron chi connectivity index (χ3n) is 3.87. The number of anilines is 1. The van der Waals surface area contributed by atoms with Gasteiger partial charge in [-0.1, -0.05) is 18.2 Å². The second-order valence-electron chi connectivity index (χ2n) is 5.29. The van der Waals surface area contributed by atoms with E-state index in [1.165, 1.54) is 4.90 Å². The number of carbonyl (C=O) groups is 1. The van der Waals surface area contributed by atoms with Crippen molar-refractivity contribution in [3.63, 3.8) is 0 Å². The third kappa shape index (κ3) is 2.32. The number of carboxylic acid groups (broad SMARTS) is 1. The molecule has 0 radical (unpaired) electrons. The molecule has 0 spiro atoms. The Hall–Kier alpha value is -2.14. The van der Waals surface area contributed by atoms with Crippen molar-refractivity contribution >= 4 is 22.7 Å². The van der Waals surface area contributed by atoms with Crippen molar-refractivity contribution in [2.45, 2.75) is 0 Å². The molecule has 1 aliphatic rings. The highest BCUT2D eigenvalue weighted by Gasteiger charge is 2.20. The molecule has 0 amide bonds. The first-order valence-corrected chi connectivity index (χ1v) is 6.84. The van der Waals surface area contributed by atoms with E-state index in [-0.39, 0.29) is 0 Å². The Labute approximate surface area is 117 Å². The van der Waals surface area contributed by atoms with E-state index in [0.29, 0.717) is 10.9 Å². The standard InChI is InChI=1S/C15H17N3O2/c1-17-6-8-18(9-7-17)14-10-12(15(19)20)11-4-2-3-5-13(11)16-14/h2-5,10H,6-9H2,1H3,(H,19,20)/p+1. The highest BCUT2D eigenvalue weighted by Crippen LogP contribution is 2.23. The summed E-state index contributed by atoms with van der Waals surface area (Å²) < 4.78 is 0. The summed E-state index contributed by atoms with van der Waals surface area (Å²) in [5.74, 6) is -0.127. The number of benzene rings is 1. The van der Waals surface area contributed by atoms with Gasteiger partial charge in [-0.05, 0) is 12.1 Å². The Kier molecular flexibility index (Phi) is 3.28. The largest absolute Gasteiger partial charge is 0.478 e. The van der Waals surface area contributed by atoms with E-state index in [9.17, 15) is 9.90 Å². The quantitative estimate of drug-likeness (QED) is 0.824. The Morgan fingerprint density at radius 2 is 2.00 bits per heavy atom. The summed E-state index contributed by atoms with van der Waals surface area (Å²) in [6, 6.07) is 9.11. The fraction of sp³-hybridized carbons (Fsp3) is 0.333. The van der Waals surface area contributed by atoms with Crippen molar-refractivity contribution in [1.29, 1.82) is 0 Å². The molecule has 2 heterocycles. The average Bonchev–Trinajstić information content (AvgIpc) is 2.46. The van der Waals surface area contributed by atoms with Crippen LogP contribution in [0.1, 0.15) is 10.4 Å². The molecule has 0 bridgehead atoms. The summed E-state index contributed by atoms with van der Waals surface area (Å²) in [6.07, 6.45) is 0. The molecule has 1 aromatic carbocycles. The van der Waals surface area contributed by atoms with Crippen LogP contribution in [-0.4, -0.2) is 49.3 Å². The zero-order valence-electron chi connectivity index (χ0n) is 11.5. The molecule has 0 saturated carbocycles. The number of quaternary nitrogens is 1. The van der Waals surface area contributed by atoms with Gasteiger partial charge in [0.05, 0.1) is 44.3 Å². The number of piperazine rings is 1. The number of hydrogen-bond acceptors (Lipinski definition) is 3. The fourth-order valence-electron chi connectivity index (χ4n) is 2.62. The van der Waals surface area contributed by atoms with Gasteiger partial charge in [-0.25, -0.2) is 9.78 Å². The molecule has 3 rings (SSSR count). The molecular formula is C15H18N3O2+. The van der Waals surface area contributed by atoms with Gasteiger partial charge in [0.1, 0.15) is 5.82 Å². The third-order valence-corrected chi connectivity index (χ3v) is 3.87. The summed E-state index contributed by atoms with van der Waals surface area (Å²) in [4.78, 5) is 19.7. The lowest BCUT2D eigenvalue weighted by Crippen LogP contribution is -3.12. The average molecular weight is 272 g/mol. The van der Waals surface area contributed by atoms with E-state index in [4.69, 9.17) is 0 Å². The van der Waals surface area contributed by atoms with Crippen molar-refractivity contribution in [2.75, 3.05) is 38.1 Å². The van der Waals surface area contributed by atoms with Crippen LogP contribution in [0.5, 0.6) is 0 Å². The molecule has 104 valence electrons. The van der Waals surface area contributed by atoms with E-state index in [2.05, 4.69) is 16.9 Å². The summed E-state index contributed by atoms with van der Waals surface area (Å²) in [7, 11) is 2.17. The topological polar surface area (TPSA) is 57.9 Å². The maximum atomic E-state index is 11.5. The molecule has 1 aromatic heterocycles. The van der Waals surface area contributed by atoms with Gasteiger partial charge in [0.2, 0.25) is 0 Å². The Morgan fingerprint density at radius 1 is 1.30 bits per heavy atom. The first kappa shape index (κ1) is 12.9. The zero-order chi connectivity index (χ0) is 14.1. The summed E-state index contributed by atoms with van der Waals surface area (Å²) in [5, 5.41) is 10.1. The molecule has 0 atom stereocenters. The fourth-order valence-corrected chi connectivity index (χ4v) is 2.62. The first-order valence-electron chi connectivity index (χ1n) is 6.84. The lowest BCUT2D eigenvalue weighted by molar-refractivity contribution is -0.880. The number of likely N-dealkylation sites (N-methyl/N-ethyl adjacent to an activating group) is 1. The summed E-state index contributed by atoms with van der Waals surface area (Å²) in [6.45, 7) is 3.93. The first-order chi connectivity index (χ1) is 9.65. The minimum atomic E-state index is -0.899. The number of fused-ring (bicyclic) bond motifs is 1. The number of aromatic nitrogens is 1. The Morgan fingerprint density at radius 3 is 2.70 bits per heavy atom. The summed E-state index contributed by atoms with van der Waals surface area (Å²) in [5.41, 5.74) is 1.07. The van der Waals surface area contributed by atoms with E-state index in [0.717, 1.165) is 37.5 Å². The van der Waals surface area contributed by atoms with Gasteiger partial charge >= 0.3 is 5.97 Å². The molecule has 2 N–H and O–H groups in total. The smallest absolute Gasteiger partial charge is 0.336 e. The van der Waals surface area contributed by atoms with Gasteiger partial charge in [0.15, 0.2) is 0 Å². The maximum Gasteiger partial charge on any atom is 0.336 e.